The predicted octanol–water partition coefficient (Wildman–Crippen LogP) is 5.96. The molecule has 0 radical (unpaired) electrons. The summed E-state index contributed by atoms with van der Waals surface area (Å²) >= 11 is 12.9. The number of sulfonamides is 1. The lowest BCUT2D eigenvalue weighted by molar-refractivity contribution is 0.384. The van der Waals surface area contributed by atoms with Crippen molar-refractivity contribution in [3.05, 3.63) is 74.1 Å². The highest BCUT2D eigenvalue weighted by molar-refractivity contribution is 7.91. The highest BCUT2D eigenvalue weighted by Gasteiger charge is 2.39. The minimum Gasteiger partial charge on any atom is -0.237 e. The molecule has 0 unspecified atom stereocenters. The summed E-state index contributed by atoms with van der Waals surface area (Å²) in [5, 5.41) is 14.1. The van der Waals surface area contributed by atoms with Gasteiger partial charge in [0.05, 0.1) is 28.7 Å². The summed E-state index contributed by atoms with van der Waals surface area (Å²) in [7, 11) is -3.91. The van der Waals surface area contributed by atoms with Gasteiger partial charge in [-0.2, -0.15) is 14.7 Å². The van der Waals surface area contributed by atoms with E-state index in [9.17, 15) is 18.1 Å². The lowest BCUT2D eigenvalue weighted by Crippen LogP contribution is -2.36. The Labute approximate surface area is 217 Å². The highest BCUT2D eigenvalue weighted by atomic mass is 35.5. The van der Waals surface area contributed by atoms with Crippen molar-refractivity contribution in [3.8, 4) is 11.8 Å². The van der Waals surface area contributed by atoms with Crippen molar-refractivity contribution in [1.29, 1.82) is 5.26 Å². The van der Waals surface area contributed by atoms with Gasteiger partial charge in [-0.05, 0) is 49.1 Å². The first-order valence-electron chi connectivity index (χ1n) is 11.1. The minimum atomic E-state index is -3.91. The van der Waals surface area contributed by atoms with Crippen LogP contribution in [0.3, 0.4) is 0 Å². The number of halogens is 3. The van der Waals surface area contributed by atoms with E-state index in [0.29, 0.717) is 6.42 Å². The van der Waals surface area contributed by atoms with Gasteiger partial charge < -0.3 is 0 Å². The molecule has 0 saturated carbocycles. The van der Waals surface area contributed by atoms with Gasteiger partial charge in [-0.15, -0.1) is 11.3 Å². The van der Waals surface area contributed by atoms with Crippen LogP contribution in [0.1, 0.15) is 36.9 Å². The number of nitriles is 1. The van der Waals surface area contributed by atoms with Crippen molar-refractivity contribution < 1.29 is 12.8 Å². The number of hydrogen-bond donors (Lipinski definition) is 0. The van der Waals surface area contributed by atoms with Crippen molar-refractivity contribution in [2.24, 2.45) is 5.92 Å². The lowest BCUT2D eigenvalue weighted by Gasteiger charge is -2.29. The molecule has 6 nitrogen and oxygen atoms in total. The van der Waals surface area contributed by atoms with Gasteiger partial charge >= 0.3 is 0 Å². The molecule has 0 aliphatic heterocycles. The maximum absolute atomic E-state index is 13.4. The maximum atomic E-state index is 13.4. The molecule has 0 saturated heterocycles. The molecule has 2 heterocycles. The fourth-order valence-electron chi connectivity index (χ4n) is 5.23. The summed E-state index contributed by atoms with van der Waals surface area (Å²) in [5.41, 5.74) is 5.49. The molecule has 182 valence electrons. The first-order chi connectivity index (χ1) is 16.7. The molecule has 35 heavy (non-hydrogen) atoms. The van der Waals surface area contributed by atoms with Crippen molar-refractivity contribution in [2.45, 2.75) is 36.3 Å². The molecule has 3 aromatic rings. The second-order valence-electron chi connectivity index (χ2n) is 8.77. The summed E-state index contributed by atoms with van der Waals surface area (Å²) in [6, 6.07) is 9.60. The molecular formula is C24H21Cl2FN4O2S2. The second-order valence-corrected chi connectivity index (χ2v) is 13.0. The Morgan fingerprint density at radius 1 is 1.31 bits per heavy atom. The molecule has 11 heteroatoms. The molecule has 2 aliphatic rings. The van der Waals surface area contributed by atoms with Crippen LogP contribution in [0.15, 0.2) is 51.9 Å². The molecule has 0 spiro atoms. The Balaban J connectivity index is 1.43. The molecule has 0 amide bonds. The van der Waals surface area contributed by atoms with E-state index in [0.717, 1.165) is 41.1 Å². The van der Waals surface area contributed by atoms with Gasteiger partial charge in [0.15, 0.2) is 0 Å². The first-order valence-corrected chi connectivity index (χ1v) is 14.1. The van der Waals surface area contributed by atoms with Crippen LogP contribution in [0.25, 0.3) is 5.69 Å². The molecule has 2 aromatic heterocycles. The van der Waals surface area contributed by atoms with Gasteiger partial charge in [0.25, 0.3) is 10.0 Å². The Kier molecular flexibility index (Phi) is 6.53. The second kappa shape index (κ2) is 9.34. The normalized spacial score (nSPS) is 19.7. The smallest absolute Gasteiger partial charge is 0.237 e. The van der Waals surface area contributed by atoms with Crippen molar-refractivity contribution in [1.82, 2.24) is 14.1 Å². The zero-order chi connectivity index (χ0) is 24.9. The van der Waals surface area contributed by atoms with E-state index in [-0.39, 0.29) is 44.3 Å². The van der Waals surface area contributed by atoms with Crippen LogP contribution >= 0.6 is 34.5 Å². The third-order valence-electron chi connectivity index (χ3n) is 6.82. The van der Waals surface area contributed by atoms with E-state index >= 15 is 0 Å². The lowest BCUT2D eigenvalue weighted by atomic mass is 9.80. The van der Waals surface area contributed by atoms with Gasteiger partial charge in [0.1, 0.15) is 20.9 Å². The van der Waals surface area contributed by atoms with Crippen molar-refractivity contribution in [2.75, 3.05) is 13.1 Å². The summed E-state index contributed by atoms with van der Waals surface area (Å²) < 4.78 is 43.4. The van der Waals surface area contributed by atoms with Gasteiger partial charge in [-0.25, -0.2) is 17.5 Å². The summed E-state index contributed by atoms with van der Waals surface area (Å²) in [4.78, 5) is 0. The number of benzene rings is 1. The number of allylic oxidation sites excluding steroid dienone is 1. The van der Waals surface area contributed by atoms with E-state index in [1.165, 1.54) is 33.7 Å². The Morgan fingerprint density at radius 3 is 2.71 bits per heavy atom. The average molecular weight is 551 g/mol. The third kappa shape index (κ3) is 4.32. The first kappa shape index (κ1) is 24.5. The summed E-state index contributed by atoms with van der Waals surface area (Å²) in [6.07, 6.45) is 4.23. The van der Waals surface area contributed by atoms with Gasteiger partial charge in [-0.3, -0.25) is 0 Å². The van der Waals surface area contributed by atoms with Crippen LogP contribution in [0.2, 0.25) is 9.36 Å². The van der Waals surface area contributed by atoms with Crippen LogP contribution in [-0.2, 0) is 16.4 Å². The van der Waals surface area contributed by atoms with E-state index in [2.05, 4.69) is 12.0 Å². The number of thiophene rings is 1. The molecule has 0 bridgehead atoms. The third-order valence-corrected chi connectivity index (χ3v) is 10.9. The fourth-order valence-corrected chi connectivity index (χ4v) is 8.65. The molecule has 0 N–H and O–H groups in total. The fraction of sp³-hybridized carbons (Fsp3) is 0.333. The number of nitrogens with zero attached hydrogens (tertiary/aromatic N) is 4. The molecule has 0 fully saturated rings. The van der Waals surface area contributed by atoms with Crippen LogP contribution in [0, 0.1) is 23.1 Å². The number of fused-ring (bicyclic) bond motifs is 1. The van der Waals surface area contributed by atoms with Crippen molar-refractivity contribution >= 4 is 44.6 Å². The van der Waals surface area contributed by atoms with Gasteiger partial charge in [-0.1, -0.05) is 41.3 Å². The standard InChI is InChI=1S/C24H21Cl2FN4O2S2/c1-14-19-12-29-31(18-6-4-17(27)5-7-18)21(19)10-15-2-3-16(23(14)15)13-30(9-8-28)35(32,33)22-11-20(25)24(26)34-22/h4-7,11-12,14,16H,2-3,9-10,13H2,1H3/t14-,16+/m0/s1. The van der Waals surface area contributed by atoms with E-state index in [1.807, 2.05) is 16.9 Å². The topological polar surface area (TPSA) is 79.0 Å². The quantitative estimate of drug-likeness (QED) is 0.280. The van der Waals surface area contributed by atoms with Crippen LogP contribution in [0.4, 0.5) is 4.39 Å². The Bertz CT molecular complexity index is 1450. The Morgan fingerprint density at radius 2 is 2.06 bits per heavy atom. The molecule has 2 aliphatic carbocycles. The number of hydrogen-bond acceptors (Lipinski definition) is 5. The Hall–Kier alpha value is -2.22. The highest BCUT2D eigenvalue weighted by Crippen LogP contribution is 2.48. The molecular weight excluding hydrogens is 530 g/mol. The molecule has 2 atom stereocenters. The van der Waals surface area contributed by atoms with E-state index < -0.39 is 10.0 Å². The largest absolute Gasteiger partial charge is 0.253 e. The number of rotatable bonds is 6. The van der Waals surface area contributed by atoms with E-state index in [4.69, 9.17) is 23.2 Å². The summed E-state index contributed by atoms with van der Waals surface area (Å²) in [6.45, 7) is 2.08. The monoisotopic (exact) mass is 550 g/mol. The van der Waals surface area contributed by atoms with Gasteiger partial charge in [0.2, 0.25) is 0 Å². The molecule has 1 aromatic carbocycles. The molecule has 5 rings (SSSR count). The maximum Gasteiger partial charge on any atom is 0.253 e. The van der Waals surface area contributed by atoms with Gasteiger partial charge in [0, 0.05) is 24.4 Å². The van der Waals surface area contributed by atoms with Crippen LogP contribution in [0.5, 0.6) is 0 Å². The van der Waals surface area contributed by atoms with E-state index in [1.54, 1.807) is 12.1 Å². The van der Waals surface area contributed by atoms with Crippen molar-refractivity contribution in [3.63, 3.8) is 0 Å². The van der Waals surface area contributed by atoms with Crippen LogP contribution in [-0.4, -0.2) is 35.6 Å². The SMILES string of the molecule is C[C@@H]1C2=C(CC[C@@H]2CN(CC#N)S(=O)(=O)c2cc(Cl)c(Cl)s2)Cc2c1cnn2-c1ccc(F)cc1. The average Bonchev–Trinajstić information content (AvgIpc) is 3.52. The van der Waals surface area contributed by atoms with Crippen LogP contribution < -0.4 is 0 Å². The minimum absolute atomic E-state index is 0.00338. The summed E-state index contributed by atoms with van der Waals surface area (Å²) in [5.74, 6) is -0.236. The predicted molar refractivity (Wildman–Crippen MR) is 134 cm³/mol. The zero-order valence-corrected chi connectivity index (χ0v) is 21.9. The zero-order valence-electron chi connectivity index (χ0n) is 18.7. The number of aromatic nitrogens is 2.